The molecule has 0 amide bonds. The van der Waals surface area contributed by atoms with Gasteiger partial charge in [0.25, 0.3) is 0 Å². The summed E-state index contributed by atoms with van der Waals surface area (Å²) in [4.78, 5) is 0. The van der Waals surface area contributed by atoms with Gasteiger partial charge in [0.15, 0.2) is 0 Å². The predicted octanol–water partition coefficient (Wildman–Crippen LogP) is -1.07. The maximum Gasteiger partial charge on any atom is 0.0835 e. The van der Waals surface area contributed by atoms with Crippen LogP contribution in [0, 0.1) is 5.41 Å². The zero-order chi connectivity index (χ0) is 9.03. The lowest BCUT2D eigenvalue weighted by Crippen LogP contribution is -3.00. The zero-order valence-corrected chi connectivity index (χ0v) is 9.40. The van der Waals surface area contributed by atoms with E-state index in [0.717, 1.165) is 6.54 Å². The SMILES string of the molecule is CCC1=CC=CC(CC)(C[NH3+])C1.[Cl-]. The Kier molecular flexibility index (Phi) is 5.34. The van der Waals surface area contributed by atoms with Crippen LogP contribution in [0.5, 0.6) is 0 Å². The van der Waals surface area contributed by atoms with Crippen molar-refractivity contribution in [3.05, 3.63) is 23.8 Å². The first-order chi connectivity index (χ1) is 5.76. The summed E-state index contributed by atoms with van der Waals surface area (Å²) < 4.78 is 0. The molecule has 2 heteroatoms. The molecule has 0 aromatic heterocycles. The number of hydrogen-bond acceptors (Lipinski definition) is 0. The van der Waals surface area contributed by atoms with Crippen LogP contribution in [-0.2, 0) is 0 Å². The second kappa shape index (κ2) is 5.46. The average molecular weight is 202 g/mol. The second-order valence-corrected chi connectivity index (χ2v) is 3.68. The van der Waals surface area contributed by atoms with Gasteiger partial charge >= 0.3 is 0 Å². The topological polar surface area (TPSA) is 27.6 Å². The van der Waals surface area contributed by atoms with Crippen LogP contribution in [0.1, 0.15) is 33.1 Å². The number of halogens is 1. The van der Waals surface area contributed by atoms with Gasteiger partial charge in [-0.25, -0.2) is 0 Å². The molecule has 1 aliphatic carbocycles. The molecule has 1 atom stereocenters. The molecule has 0 saturated carbocycles. The quantitative estimate of drug-likeness (QED) is 0.602. The van der Waals surface area contributed by atoms with E-state index < -0.39 is 0 Å². The molecule has 0 saturated heterocycles. The molecule has 76 valence electrons. The van der Waals surface area contributed by atoms with Crippen LogP contribution in [0.3, 0.4) is 0 Å². The Morgan fingerprint density at radius 2 is 2.15 bits per heavy atom. The van der Waals surface area contributed by atoms with Crippen LogP contribution in [-0.4, -0.2) is 6.54 Å². The minimum atomic E-state index is 0. The zero-order valence-electron chi connectivity index (χ0n) is 8.65. The molecule has 0 spiro atoms. The van der Waals surface area contributed by atoms with E-state index in [2.05, 4.69) is 37.8 Å². The highest BCUT2D eigenvalue weighted by atomic mass is 35.5. The van der Waals surface area contributed by atoms with E-state index in [9.17, 15) is 0 Å². The minimum Gasteiger partial charge on any atom is -1.00 e. The molecule has 3 N–H and O–H groups in total. The Labute approximate surface area is 87.5 Å². The van der Waals surface area contributed by atoms with Gasteiger partial charge in [0, 0.05) is 5.41 Å². The minimum absolute atomic E-state index is 0. The Morgan fingerprint density at radius 3 is 2.62 bits per heavy atom. The molecular formula is C11H20ClN. The fraction of sp³-hybridized carbons (Fsp3) is 0.636. The molecule has 0 aromatic carbocycles. The fourth-order valence-corrected chi connectivity index (χ4v) is 1.79. The van der Waals surface area contributed by atoms with Gasteiger partial charge in [-0.1, -0.05) is 37.6 Å². The van der Waals surface area contributed by atoms with Gasteiger partial charge in [-0.2, -0.15) is 0 Å². The fourth-order valence-electron chi connectivity index (χ4n) is 1.79. The van der Waals surface area contributed by atoms with Gasteiger partial charge in [0.1, 0.15) is 0 Å². The van der Waals surface area contributed by atoms with Gasteiger partial charge in [0.05, 0.1) is 6.54 Å². The monoisotopic (exact) mass is 201 g/mol. The van der Waals surface area contributed by atoms with Crippen LogP contribution in [0.15, 0.2) is 23.8 Å². The molecule has 0 fully saturated rings. The van der Waals surface area contributed by atoms with E-state index in [4.69, 9.17) is 0 Å². The maximum absolute atomic E-state index is 4.04. The van der Waals surface area contributed by atoms with Crippen LogP contribution in [0.25, 0.3) is 0 Å². The third kappa shape index (κ3) is 2.85. The molecule has 0 bridgehead atoms. The van der Waals surface area contributed by atoms with Crippen LogP contribution in [0.4, 0.5) is 0 Å². The van der Waals surface area contributed by atoms with E-state index >= 15 is 0 Å². The average Bonchev–Trinajstić information content (AvgIpc) is 2.18. The molecular weight excluding hydrogens is 182 g/mol. The van der Waals surface area contributed by atoms with Crippen LogP contribution >= 0.6 is 0 Å². The first-order valence-corrected chi connectivity index (χ1v) is 4.93. The normalized spacial score (nSPS) is 26.5. The Bertz CT molecular complexity index is 202. The highest BCUT2D eigenvalue weighted by Crippen LogP contribution is 2.34. The molecule has 0 radical (unpaired) electrons. The van der Waals surface area contributed by atoms with Crippen molar-refractivity contribution < 1.29 is 18.1 Å². The van der Waals surface area contributed by atoms with Crippen molar-refractivity contribution in [3.8, 4) is 0 Å². The lowest BCUT2D eigenvalue weighted by molar-refractivity contribution is -0.388. The summed E-state index contributed by atoms with van der Waals surface area (Å²) in [5, 5.41) is 0. The molecule has 0 aromatic rings. The molecule has 1 nitrogen and oxygen atoms in total. The second-order valence-electron chi connectivity index (χ2n) is 3.68. The third-order valence-corrected chi connectivity index (χ3v) is 3.02. The van der Waals surface area contributed by atoms with Crippen molar-refractivity contribution >= 4 is 0 Å². The highest BCUT2D eigenvalue weighted by molar-refractivity contribution is 5.23. The number of quaternary nitrogens is 1. The standard InChI is InChI=1S/C11H19N.ClH/c1-3-10-6-5-7-11(4-2,8-10)9-12;/h5-7H,3-4,8-9,12H2,1-2H3;1H. The Morgan fingerprint density at radius 1 is 1.46 bits per heavy atom. The molecule has 0 aliphatic heterocycles. The van der Waals surface area contributed by atoms with E-state index in [1.807, 2.05) is 0 Å². The first kappa shape index (κ1) is 12.7. The third-order valence-electron chi connectivity index (χ3n) is 3.02. The molecule has 1 rings (SSSR count). The summed E-state index contributed by atoms with van der Waals surface area (Å²) in [5.41, 5.74) is 5.99. The van der Waals surface area contributed by atoms with Crippen molar-refractivity contribution in [2.24, 2.45) is 5.41 Å². The van der Waals surface area contributed by atoms with Crippen molar-refractivity contribution in [2.75, 3.05) is 6.54 Å². The van der Waals surface area contributed by atoms with E-state index in [0.29, 0.717) is 5.41 Å². The summed E-state index contributed by atoms with van der Waals surface area (Å²) in [6.07, 6.45) is 10.4. The first-order valence-electron chi connectivity index (χ1n) is 4.93. The smallest absolute Gasteiger partial charge is 0.0835 e. The van der Waals surface area contributed by atoms with Gasteiger partial charge in [-0.3, -0.25) is 0 Å². The van der Waals surface area contributed by atoms with Crippen LogP contribution < -0.4 is 18.1 Å². The largest absolute Gasteiger partial charge is 1.00 e. The maximum atomic E-state index is 4.04. The van der Waals surface area contributed by atoms with E-state index in [1.165, 1.54) is 19.3 Å². The highest BCUT2D eigenvalue weighted by Gasteiger charge is 2.27. The summed E-state index contributed by atoms with van der Waals surface area (Å²) in [7, 11) is 0. The van der Waals surface area contributed by atoms with Gasteiger partial charge < -0.3 is 18.1 Å². The summed E-state index contributed by atoms with van der Waals surface area (Å²) in [6.45, 7) is 5.51. The van der Waals surface area contributed by atoms with Crippen molar-refractivity contribution in [1.82, 2.24) is 0 Å². The molecule has 1 unspecified atom stereocenters. The predicted molar refractivity (Wildman–Crippen MR) is 52.6 cm³/mol. The lowest BCUT2D eigenvalue weighted by atomic mass is 9.76. The van der Waals surface area contributed by atoms with Gasteiger partial charge in [0.2, 0.25) is 0 Å². The van der Waals surface area contributed by atoms with Crippen molar-refractivity contribution in [2.45, 2.75) is 33.1 Å². The van der Waals surface area contributed by atoms with E-state index in [1.54, 1.807) is 5.57 Å². The Balaban J connectivity index is 0.00000144. The number of rotatable bonds is 3. The van der Waals surface area contributed by atoms with Crippen molar-refractivity contribution in [1.29, 1.82) is 0 Å². The lowest BCUT2D eigenvalue weighted by Gasteiger charge is -2.29. The van der Waals surface area contributed by atoms with Crippen LogP contribution in [0.2, 0.25) is 0 Å². The summed E-state index contributed by atoms with van der Waals surface area (Å²) in [6, 6.07) is 0. The molecule has 0 heterocycles. The summed E-state index contributed by atoms with van der Waals surface area (Å²) >= 11 is 0. The van der Waals surface area contributed by atoms with Gasteiger partial charge in [-0.15, -0.1) is 0 Å². The Hall–Kier alpha value is -0.270. The van der Waals surface area contributed by atoms with Gasteiger partial charge in [-0.05, 0) is 19.3 Å². The number of allylic oxidation sites excluding steroid dienone is 3. The number of hydrogen-bond donors (Lipinski definition) is 1. The molecule has 13 heavy (non-hydrogen) atoms. The van der Waals surface area contributed by atoms with E-state index in [-0.39, 0.29) is 12.4 Å². The van der Waals surface area contributed by atoms with Crippen molar-refractivity contribution in [3.63, 3.8) is 0 Å². The molecule has 1 aliphatic rings. The summed E-state index contributed by atoms with van der Waals surface area (Å²) in [5.74, 6) is 0.